The Kier molecular flexibility index (Phi) is 4.24. The summed E-state index contributed by atoms with van der Waals surface area (Å²) in [7, 11) is -4.04. The molecule has 1 aromatic carbocycles. The molecule has 1 aliphatic rings. The van der Waals surface area contributed by atoms with E-state index in [-0.39, 0.29) is 10.7 Å². The summed E-state index contributed by atoms with van der Waals surface area (Å²) in [6, 6.07) is 2.23. The Balaban J connectivity index is 2.36. The van der Waals surface area contributed by atoms with Gasteiger partial charge in [0.1, 0.15) is 4.90 Å². The molecule has 1 fully saturated rings. The molecule has 0 unspecified atom stereocenters. The number of rotatable bonds is 3. The lowest BCUT2D eigenvalue weighted by atomic mass is 9.94. The Morgan fingerprint density at radius 2 is 2.00 bits per heavy atom. The molecule has 1 heterocycles. The van der Waals surface area contributed by atoms with Crippen LogP contribution in [0.15, 0.2) is 17.0 Å². The first-order chi connectivity index (χ1) is 9.23. The third-order valence-corrected chi connectivity index (χ3v) is 5.20. The fraction of sp³-hybridized carbons (Fsp3) is 0.500. The summed E-state index contributed by atoms with van der Waals surface area (Å²) in [5, 5.41) is -0.317. The van der Waals surface area contributed by atoms with Gasteiger partial charge in [-0.25, -0.2) is 17.5 Å². The molecular formula is C12H16ClFN2O3S. The highest BCUT2D eigenvalue weighted by molar-refractivity contribution is 7.89. The molecule has 112 valence electrons. The minimum Gasteiger partial charge on any atom is -0.399 e. The van der Waals surface area contributed by atoms with E-state index in [9.17, 15) is 12.8 Å². The van der Waals surface area contributed by atoms with Crippen molar-refractivity contribution < 1.29 is 17.5 Å². The minimum atomic E-state index is -4.04. The fourth-order valence-electron chi connectivity index (χ4n) is 2.08. The van der Waals surface area contributed by atoms with Gasteiger partial charge in [-0.05, 0) is 31.9 Å². The maximum absolute atomic E-state index is 13.9. The number of anilines is 1. The van der Waals surface area contributed by atoms with Crippen LogP contribution in [0, 0.1) is 5.82 Å². The third-order valence-electron chi connectivity index (χ3n) is 3.28. The fourth-order valence-corrected chi connectivity index (χ4v) is 3.97. The smallest absolute Gasteiger partial charge is 0.244 e. The first kappa shape index (κ1) is 15.5. The molecular weight excluding hydrogens is 307 g/mol. The van der Waals surface area contributed by atoms with Gasteiger partial charge < -0.3 is 10.5 Å². The van der Waals surface area contributed by atoms with Crippen molar-refractivity contribution in [2.24, 2.45) is 0 Å². The van der Waals surface area contributed by atoms with Crippen molar-refractivity contribution in [1.29, 1.82) is 0 Å². The number of hydrogen-bond donors (Lipinski definition) is 2. The predicted octanol–water partition coefficient (Wildman–Crippen LogP) is 1.91. The van der Waals surface area contributed by atoms with Gasteiger partial charge in [-0.2, -0.15) is 0 Å². The molecule has 0 amide bonds. The zero-order valence-electron chi connectivity index (χ0n) is 10.9. The van der Waals surface area contributed by atoms with Crippen molar-refractivity contribution in [1.82, 2.24) is 4.72 Å². The van der Waals surface area contributed by atoms with Crippen molar-refractivity contribution in [2.75, 3.05) is 18.9 Å². The molecule has 0 radical (unpaired) electrons. The summed E-state index contributed by atoms with van der Waals surface area (Å²) in [6.45, 7) is 2.68. The van der Waals surface area contributed by atoms with Crippen molar-refractivity contribution in [2.45, 2.75) is 30.2 Å². The van der Waals surface area contributed by atoms with E-state index < -0.39 is 26.3 Å². The van der Waals surface area contributed by atoms with E-state index in [0.717, 1.165) is 6.07 Å². The average Bonchev–Trinajstić information content (AvgIpc) is 2.33. The average molecular weight is 323 g/mol. The molecule has 0 bridgehead atoms. The molecule has 0 spiro atoms. The van der Waals surface area contributed by atoms with Crippen molar-refractivity contribution in [3.8, 4) is 0 Å². The quantitative estimate of drug-likeness (QED) is 0.833. The third kappa shape index (κ3) is 3.22. The highest BCUT2D eigenvalue weighted by Crippen LogP contribution is 2.28. The zero-order valence-corrected chi connectivity index (χ0v) is 12.5. The van der Waals surface area contributed by atoms with Gasteiger partial charge >= 0.3 is 0 Å². The lowest BCUT2D eigenvalue weighted by Crippen LogP contribution is -2.49. The van der Waals surface area contributed by atoms with E-state index in [0.29, 0.717) is 26.1 Å². The molecule has 1 aromatic rings. The van der Waals surface area contributed by atoms with Gasteiger partial charge in [0.2, 0.25) is 10.0 Å². The van der Waals surface area contributed by atoms with Crippen LogP contribution in [0.2, 0.25) is 5.02 Å². The van der Waals surface area contributed by atoms with E-state index in [1.165, 1.54) is 6.07 Å². The molecule has 1 saturated heterocycles. The monoisotopic (exact) mass is 322 g/mol. The van der Waals surface area contributed by atoms with Gasteiger partial charge in [0.25, 0.3) is 0 Å². The molecule has 0 atom stereocenters. The molecule has 0 saturated carbocycles. The second kappa shape index (κ2) is 5.48. The van der Waals surface area contributed by atoms with Crippen LogP contribution in [0.25, 0.3) is 0 Å². The van der Waals surface area contributed by atoms with E-state index in [1.807, 2.05) is 0 Å². The van der Waals surface area contributed by atoms with Crippen LogP contribution in [-0.2, 0) is 14.8 Å². The number of benzene rings is 1. The molecule has 0 aromatic heterocycles. The number of nitrogens with two attached hydrogens (primary N) is 1. The SMILES string of the molecule is CC1(NS(=O)(=O)c2cc(N)cc(Cl)c2F)CCOCC1. The predicted molar refractivity (Wildman–Crippen MR) is 74.6 cm³/mol. The van der Waals surface area contributed by atoms with E-state index in [2.05, 4.69) is 4.72 Å². The lowest BCUT2D eigenvalue weighted by molar-refractivity contribution is 0.0537. The summed E-state index contributed by atoms with van der Waals surface area (Å²) in [6.07, 6.45) is 1.04. The normalized spacial score (nSPS) is 18.9. The van der Waals surface area contributed by atoms with Crippen molar-refractivity contribution >= 4 is 27.3 Å². The van der Waals surface area contributed by atoms with Crippen molar-refractivity contribution in [3.05, 3.63) is 23.0 Å². The highest BCUT2D eigenvalue weighted by atomic mass is 35.5. The topological polar surface area (TPSA) is 81.4 Å². The Hall–Kier alpha value is -0.890. The number of halogens is 2. The molecule has 2 rings (SSSR count). The van der Waals surface area contributed by atoms with Crippen molar-refractivity contribution in [3.63, 3.8) is 0 Å². The van der Waals surface area contributed by atoms with Gasteiger partial charge in [0.05, 0.1) is 5.02 Å². The van der Waals surface area contributed by atoms with Gasteiger partial charge in [0, 0.05) is 24.4 Å². The zero-order chi connectivity index (χ0) is 15.0. The van der Waals surface area contributed by atoms with Gasteiger partial charge in [-0.1, -0.05) is 11.6 Å². The summed E-state index contributed by atoms with van der Waals surface area (Å²) in [5.74, 6) is -0.996. The van der Waals surface area contributed by atoms with Crippen LogP contribution in [0.1, 0.15) is 19.8 Å². The molecule has 20 heavy (non-hydrogen) atoms. The summed E-state index contributed by atoms with van der Waals surface area (Å²) >= 11 is 5.64. The van der Waals surface area contributed by atoms with Gasteiger partial charge in [-0.3, -0.25) is 0 Å². The van der Waals surface area contributed by atoms with Crippen LogP contribution >= 0.6 is 11.6 Å². The first-order valence-corrected chi connectivity index (χ1v) is 7.96. The summed E-state index contributed by atoms with van der Waals surface area (Å²) in [5.41, 5.74) is 4.95. The minimum absolute atomic E-state index is 0.0916. The lowest BCUT2D eigenvalue weighted by Gasteiger charge is -2.34. The van der Waals surface area contributed by atoms with Crippen LogP contribution in [-0.4, -0.2) is 27.2 Å². The van der Waals surface area contributed by atoms with Gasteiger partial charge in [-0.15, -0.1) is 0 Å². The number of hydrogen-bond acceptors (Lipinski definition) is 4. The first-order valence-electron chi connectivity index (χ1n) is 6.10. The molecule has 1 aliphatic heterocycles. The number of nitrogens with one attached hydrogen (secondary N) is 1. The Morgan fingerprint density at radius 1 is 1.40 bits per heavy atom. The Bertz CT molecular complexity index is 615. The maximum atomic E-state index is 13.9. The number of ether oxygens (including phenoxy) is 1. The molecule has 8 heteroatoms. The Morgan fingerprint density at radius 3 is 2.60 bits per heavy atom. The Labute approximate surface area is 122 Å². The van der Waals surface area contributed by atoms with Crippen LogP contribution in [0.3, 0.4) is 0 Å². The van der Waals surface area contributed by atoms with Crippen LogP contribution in [0.5, 0.6) is 0 Å². The van der Waals surface area contributed by atoms with E-state index >= 15 is 0 Å². The standard InChI is InChI=1S/C12H16ClFN2O3S/c1-12(2-4-19-5-3-12)16-20(17,18)10-7-8(15)6-9(13)11(10)14/h6-7,16H,2-5,15H2,1H3. The van der Waals surface area contributed by atoms with E-state index in [1.54, 1.807) is 6.92 Å². The molecule has 5 nitrogen and oxygen atoms in total. The highest BCUT2D eigenvalue weighted by Gasteiger charge is 2.34. The second-order valence-electron chi connectivity index (χ2n) is 5.09. The summed E-state index contributed by atoms with van der Waals surface area (Å²) in [4.78, 5) is -0.532. The van der Waals surface area contributed by atoms with E-state index in [4.69, 9.17) is 22.1 Å². The second-order valence-corrected chi connectivity index (χ2v) is 7.15. The van der Waals surface area contributed by atoms with Gasteiger partial charge in [0.15, 0.2) is 5.82 Å². The molecule has 0 aliphatic carbocycles. The maximum Gasteiger partial charge on any atom is 0.244 e. The summed E-state index contributed by atoms with van der Waals surface area (Å²) < 4.78 is 46.3. The largest absolute Gasteiger partial charge is 0.399 e. The number of nitrogen functional groups attached to an aromatic ring is 1. The van der Waals surface area contributed by atoms with Crippen LogP contribution in [0.4, 0.5) is 10.1 Å². The number of sulfonamides is 1. The van der Waals surface area contributed by atoms with Crippen LogP contribution < -0.4 is 10.5 Å². The molecule has 3 N–H and O–H groups in total.